The lowest BCUT2D eigenvalue weighted by Crippen LogP contribution is -2.35. The first-order chi connectivity index (χ1) is 12.3. The number of likely N-dealkylation sites (tertiary alicyclic amines) is 2. The summed E-state index contributed by atoms with van der Waals surface area (Å²) in [4.78, 5) is 5.03. The lowest BCUT2D eigenvalue weighted by molar-refractivity contribution is 0.193. The van der Waals surface area contributed by atoms with E-state index in [0.717, 1.165) is 37.8 Å². The topological polar surface area (TPSA) is 50.3 Å². The number of aromatic nitrogens is 3. The van der Waals surface area contributed by atoms with Gasteiger partial charge in [0, 0.05) is 31.6 Å². The van der Waals surface area contributed by atoms with Crippen molar-refractivity contribution in [1.82, 2.24) is 24.6 Å². The van der Waals surface area contributed by atoms with Gasteiger partial charge >= 0.3 is 0 Å². The fourth-order valence-corrected chi connectivity index (χ4v) is 4.24. The van der Waals surface area contributed by atoms with E-state index in [9.17, 15) is 0 Å². The van der Waals surface area contributed by atoms with Gasteiger partial charge in [-0.1, -0.05) is 6.42 Å². The molecule has 0 N–H and O–H groups in total. The van der Waals surface area contributed by atoms with Crippen LogP contribution in [0, 0.1) is 0 Å². The Kier molecular flexibility index (Phi) is 5.17. The molecular formula is C19H29N5O. The average Bonchev–Trinajstić information content (AvgIpc) is 3.27. The smallest absolute Gasteiger partial charge is 0.146 e. The van der Waals surface area contributed by atoms with E-state index in [-0.39, 0.29) is 0 Å². The maximum atomic E-state index is 5.20. The highest BCUT2D eigenvalue weighted by Gasteiger charge is 2.26. The highest BCUT2D eigenvalue weighted by molar-refractivity contribution is 5.08. The predicted octanol–water partition coefficient (Wildman–Crippen LogP) is 2.77. The van der Waals surface area contributed by atoms with E-state index in [1.54, 1.807) is 6.26 Å². The fraction of sp³-hybridized carbons (Fsp3) is 0.684. The van der Waals surface area contributed by atoms with Crippen molar-refractivity contribution in [3.8, 4) is 0 Å². The minimum absolute atomic E-state index is 0.480. The van der Waals surface area contributed by atoms with Gasteiger partial charge in [-0.15, -0.1) is 10.2 Å². The summed E-state index contributed by atoms with van der Waals surface area (Å²) in [5, 5.41) is 9.10. The summed E-state index contributed by atoms with van der Waals surface area (Å²) in [7, 11) is 2.14. The van der Waals surface area contributed by atoms with Gasteiger partial charge < -0.3 is 8.98 Å². The molecular weight excluding hydrogens is 314 g/mol. The standard InChI is InChI=1S/C19H29N5O/c1-22-18(14-23-8-3-2-4-9-23)20-21-19(22)17-6-5-10-24(13-17)12-16-7-11-25-15-16/h7,11,15,17H,2-6,8-10,12-14H2,1H3/t17-/m1/s1. The van der Waals surface area contributed by atoms with Gasteiger partial charge in [0.15, 0.2) is 0 Å². The van der Waals surface area contributed by atoms with E-state index in [2.05, 4.69) is 37.7 Å². The van der Waals surface area contributed by atoms with Crippen molar-refractivity contribution in [1.29, 1.82) is 0 Å². The first-order valence-electron chi connectivity index (χ1n) is 9.63. The normalized spacial score (nSPS) is 23.2. The van der Waals surface area contributed by atoms with E-state index in [1.807, 2.05) is 6.26 Å². The molecule has 0 aliphatic carbocycles. The van der Waals surface area contributed by atoms with Gasteiger partial charge in [-0.3, -0.25) is 9.80 Å². The van der Waals surface area contributed by atoms with E-state index >= 15 is 0 Å². The molecule has 0 radical (unpaired) electrons. The molecule has 4 heterocycles. The molecule has 0 bridgehead atoms. The molecule has 2 aromatic rings. The highest BCUT2D eigenvalue weighted by Crippen LogP contribution is 2.27. The van der Waals surface area contributed by atoms with E-state index in [0.29, 0.717) is 5.92 Å². The molecule has 2 saturated heterocycles. The second kappa shape index (κ2) is 7.70. The predicted molar refractivity (Wildman–Crippen MR) is 96.1 cm³/mol. The summed E-state index contributed by atoms with van der Waals surface area (Å²) in [6, 6.07) is 2.06. The van der Waals surface area contributed by atoms with Crippen LogP contribution in [0.1, 0.15) is 55.2 Å². The Morgan fingerprint density at radius 1 is 1.04 bits per heavy atom. The number of hydrogen-bond acceptors (Lipinski definition) is 5. The monoisotopic (exact) mass is 343 g/mol. The molecule has 2 fully saturated rings. The van der Waals surface area contributed by atoms with Crippen LogP contribution in [0.5, 0.6) is 0 Å². The van der Waals surface area contributed by atoms with Crippen molar-refractivity contribution in [2.75, 3.05) is 26.2 Å². The molecule has 4 rings (SSSR count). The van der Waals surface area contributed by atoms with Gasteiger partial charge in [0.05, 0.1) is 19.1 Å². The zero-order valence-electron chi connectivity index (χ0n) is 15.2. The van der Waals surface area contributed by atoms with Crippen molar-refractivity contribution in [2.24, 2.45) is 7.05 Å². The minimum atomic E-state index is 0.480. The third-order valence-electron chi connectivity index (χ3n) is 5.67. The lowest BCUT2D eigenvalue weighted by atomic mass is 9.97. The lowest BCUT2D eigenvalue weighted by Gasteiger charge is -2.32. The summed E-state index contributed by atoms with van der Waals surface area (Å²) >= 11 is 0. The van der Waals surface area contributed by atoms with Gasteiger partial charge in [-0.2, -0.15) is 0 Å². The maximum absolute atomic E-state index is 5.20. The number of furan rings is 1. The summed E-state index contributed by atoms with van der Waals surface area (Å²) in [5.74, 6) is 2.75. The Morgan fingerprint density at radius 3 is 2.68 bits per heavy atom. The van der Waals surface area contributed by atoms with Gasteiger partial charge in [0.25, 0.3) is 0 Å². The Balaban J connectivity index is 1.40. The molecule has 2 aliphatic heterocycles. The average molecular weight is 343 g/mol. The van der Waals surface area contributed by atoms with Crippen LogP contribution in [-0.2, 0) is 20.1 Å². The zero-order valence-corrected chi connectivity index (χ0v) is 15.2. The number of nitrogens with zero attached hydrogens (tertiary/aromatic N) is 5. The molecule has 0 amide bonds. The van der Waals surface area contributed by atoms with E-state index in [4.69, 9.17) is 4.42 Å². The van der Waals surface area contributed by atoms with E-state index < -0.39 is 0 Å². The fourth-order valence-electron chi connectivity index (χ4n) is 4.24. The van der Waals surface area contributed by atoms with Crippen LogP contribution in [0.15, 0.2) is 23.0 Å². The molecule has 0 spiro atoms. The maximum Gasteiger partial charge on any atom is 0.146 e. The summed E-state index contributed by atoms with van der Waals surface area (Å²) in [5.41, 5.74) is 1.25. The molecule has 0 saturated carbocycles. The SMILES string of the molecule is Cn1c(CN2CCCCC2)nnc1[C@@H]1CCCN(Cc2ccoc2)C1. The molecule has 136 valence electrons. The molecule has 1 atom stereocenters. The third kappa shape index (κ3) is 3.96. The van der Waals surface area contributed by atoms with Crippen LogP contribution in [-0.4, -0.2) is 50.7 Å². The molecule has 25 heavy (non-hydrogen) atoms. The first-order valence-corrected chi connectivity index (χ1v) is 9.63. The van der Waals surface area contributed by atoms with Gasteiger partial charge in [-0.05, 0) is 51.4 Å². The summed E-state index contributed by atoms with van der Waals surface area (Å²) < 4.78 is 7.45. The molecule has 2 aromatic heterocycles. The van der Waals surface area contributed by atoms with Crippen LogP contribution in [0.3, 0.4) is 0 Å². The van der Waals surface area contributed by atoms with Crippen molar-refractivity contribution < 1.29 is 4.42 Å². The number of rotatable bonds is 5. The van der Waals surface area contributed by atoms with Crippen LogP contribution in [0.25, 0.3) is 0 Å². The zero-order chi connectivity index (χ0) is 17.1. The Labute approximate surface area is 149 Å². The molecule has 6 heteroatoms. The third-order valence-corrected chi connectivity index (χ3v) is 5.67. The Morgan fingerprint density at radius 2 is 1.88 bits per heavy atom. The van der Waals surface area contributed by atoms with Crippen LogP contribution in [0.2, 0.25) is 0 Å². The first kappa shape index (κ1) is 16.8. The summed E-state index contributed by atoms with van der Waals surface area (Å²) in [6.07, 6.45) is 10.0. The minimum Gasteiger partial charge on any atom is -0.472 e. The number of hydrogen-bond donors (Lipinski definition) is 0. The molecule has 2 aliphatic rings. The van der Waals surface area contributed by atoms with Crippen LogP contribution in [0.4, 0.5) is 0 Å². The molecule has 0 unspecified atom stereocenters. The number of piperidine rings is 2. The Hall–Kier alpha value is -1.66. The van der Waals surface area contributed by atoms with Crippen molar-refractivity contribution in [2.45, 2.75) is 51.1 Å². The molecule has 6 nitrogen and oxygen atoms in total. The largest absolute Gasteiger partial charge is 0.472 e. The Bertz CT molecular complexity index is 659. The van der Waals surface area contributed by atoms with Crippen LogP contribution < -0.4 is 0 Å². The van der Waals surface area contributed by atoms with Crippen molar-refractivity contribution >= 4 is 0 Å². The second-order valence-electron chi connectivity index (χ2n) is 7.58. The van der Waals surface area contributed by atoms with Gasteiger partial charge in [0.2, 0.25) is 0 Å². The van der Waals surface area contributed by atoms with E-state index in [1.165, 1.54) is 50.8 Å². The van der Waals surface area contributed by atoms with Gasteiger partial charge in [-0.25, -0.2) is 0 Å². The van der Waals surface area contributed by atoms with Crippen LogP contribution >= 0.6 is 0 Å². The van der Waals surface area contributed by atoms with Crippen molar-refractivity contribution in [3.05, 3.63) is 35.8 Å². The highest BCUT2D eigenvalue weighted by atomic mass is 16.3. The quantitative estimate of drug-likeness (QED) is 0.835. The second-order valence-corrected chi connectivity index (χ2v) is 7.58. The van der Waals surface area contributed by atoms with Gasteiger partial charge in [0.1, 0.15) is 11.6 Å². The van der Waals surface area contributed by atoms with Crippen molar-refractivity contribution in [3.63, 3.8) is 0 Å². The summed E-state index contributed by atoms with van der Waals surface area (Å²) in [6.45, 7) is 6.51. The molecule has 0 aromatic carbocycles.